The van der Waals surface area contributed by atoms with Crippen molar-refractivity contribution in [3.63, 3.8) is 0 Å². The topological polar surface area (TPSA) is 84.5 Å². The first kappa shape index (κ1) is 23.1. The quantitative estimate of drug-likeness (QED) is 0.483. The first-order valence-electron chi connectivity index (χ1n) is 9.30. The van der Waals surface area contributed by atoms with E-state index in [1.165, 1.54) is 18.2 Å². The Hall–Kier alpha value is -2.58. The molecule has 6 nitrogen and oxygen atoms in total. The van der Waals surface area contributed by atoms with E-state index in [-0.39, 0.29) is 34.7 Å². The lowest BCUT2D eigenvalue weighted by Gasteiger charge is -2.11. The van der Waals surface area contributed by atoms with Crippen molar-refractivity contribution < 1.29 is 17.9 Å². The van der Waals surface area contributed by atoms with Gasteiger partial charge in [0.2, 0.25) is 10.0 Å². The normalized spacial score (nSPS) is 11.2. The third kappa shape index (κ3) is 6.97. The van der Waals surface area contributed by atoms with Crippen LogP contribution in [0.5, 0.6) is 5.75 Å². The van der Waals surface area contributed by atoms with Crippen molar-refractivity contribution in [1.29, 1.82) is 0 Å². The van der Waals surface area contributed by atoms with Crippen LogP contribution < -0.4 is 14.8 Å². The fourth-order valence-corrected chi connectivity index (χ4v) is 4.09. The number of nitrogens with one attached hydrogen (secondary N) is 2. The highest BCUT2D eigenvalue weighted by Gasteiger charge is 2.16. The maximum absolute atomic E-state index is 12.5. The third-order valence-corrected chi connectivity index (χ3v) is 6.23. The Labute approximate surface area is 191 Å². The molecule has 0 radical (unpaired) electrons. The lowest BCUT2D eigenvalue weighted by molar-refractivity contribution is -0.123. The smallest absolute Gasteiger partial charge is 0.258 e. The average Bonchev–Trinajstić information content (AvgIpc) is 2.77. The number of hydrogen-bond donors (Lipinski definition) is 2. The Morgan fingerprint density at radius 2 is 1.55 bits per heavy atom. The van der Waals surface area contributed by atoms with Crippen LogP contribution in [0.3, 0.4) is 0 Å². The summed E-state index contributed by atoms with van der Waals surface area (Å²) >= 11 is 12.0. The molecule has 3 aromatic rings. The summed E-state index contributed by atoms with van der Waals surface area (Å²) in [6, 6.07) is 20.4. The second-order valence-corrected chi connectivity index (χ2v) is 9.20. The lowest BCUT2D eigenvalue weighted by Crippen LogP contribution is -2.28. The van der Waals surface area contributed by atoms with E-state index in [1.807, 2.05) is 42.5 Å². The van der Waals surface area contributed by atoms with Crippen LogP contribution in [-0.4, -0.2) is 20.9 Å². The van der Waals surface area contributed by atoms with Crippen LogP contribution in [0.2, 0.25) is 10.0 Å². The fourth-order valence-electron chi connectivity index (χ4n) is 2.62. The van der Waals surface area contributed by atoms with Crippen molar-refractivity contribution in [2.75, 3.05) is 6.61 Å². The minimum Gasteiger partial charge on any atom is -0.482 e. The lowest BCUT2D eigenvalue weighted by atomic mass is 10.2. The van der Waals surface area contributed by atoms with Crippen LogP contribution >= 0.6 is 23.2 Å². The van der Waals surface area contributed by atoms with Gasteiger partial charge < -0.3 is 10.1 Å². The molecule has 2 N–H and O–H groups in total. The van der Waals surface area contributed by atoms with Crippen LogP contribution in [0.25, 0.3) is 0 Å². The van der Waals surface area contributed by atoms with E-state index in [0.717, 1.165) is 11.1 Å². The number of hydrogen-bond acceptors (Lipinski definition) is 4. The first-order valence-corrected chi connectivity index (χ1v) is 11.5. The zero-order valence-electron chi connectivity index (χ0n) is 16.3. The monoisotopic (exact) mass is 478 g/mol. The molecule has 0 aromatic heterocycles. The molecular formula is C22H20Cl2N2O4S. The summed E-state index contributed by atoms with van der Waals surface area (Å²) in [7, 11) is -3.75. The second-order valence-electron chi connectivity index (χ2n) is 6.59. The molecule has 3 aromatic carbocycles. The van der Waals surface area contributed by atoms with E-state index in [1.54, 1.807) is 12.1 Å². The molecule has 1 amide bonds. The fraction of sp³-hybridized carbons (Fsp3) is 0.136. The molecule has 0 aliphatic heterocycles. The van der Waals surface area contributed by atoms with Gasteiger partial charge in [-0.3, -0.25) is 4.79 Å². The van der Waals surface area contributed by atoms with Gasteiger partial charge in [0.1, 0.15) is 5.75 Å². The first-order chi connectivity index (χ1) is 14.8. The zero-order valence-corrected chi connectivity index (χ0v) is 18.7. The summed E-state index contributed by atoms with van der Waals surface area (Å²) < 4.78 is 32.9. The molecule has 0 unspecified atom stereocenters. The summed E-state index contributed by atoms with van der Waals surface area (Å²) in [4.78, 5) is 12.0. The highest BCUT2D eigenvalue weighted by atomic mass is 35.5. The van der Waals surface area contributed by atoms with E-state index < -0.39 is 10.0 Å². The zero-order chi connectivity index (χ0) is 22.3. The van der Waals surface area contributed by atoms with Gasteiger partial charge in [-0.25, -0.2) is 13.1 Å². The molecule has 0 aliphatic carbocycles. The molecule has 0 aliphatic rings. The molecule has 3 rings (SSSR count). The number of halogens is 2. The van der Waals surface area contributed by atoms with E-state index in [9.17, 15) is 13.2 Å². The largest absolute Gasteiger partial charge is 0.482 e. The molecule has 0 saturated carbocycles. The number of carbonyl (C=O) groups excluding carboxylic acids is 1. The van der Waals surface area contributed by atoms with Gasteiger partial charge in [-0.15, -0.1) is 0 Å². The Kier molecular flexibility index (Phi) is 7.92. The molecule has 0 heterocycles. The number of rotatable bonds is 9. The van der Waals surface area contributed by atoms with Crippen LogP contribution in [0, 0.1) is 0 Å². The van der Waals surface area contributed by atoms with Gasteiger partial charge in [-0.05, 0) is 41.5 Å². The van der Waals surface area contributed by atoms with Gasteiger partial charge in [-0.1, -0.05) is 65.7 Å². The van der Waals surface area contributed by atoms with Crippen LogP contribution in [0.1, 0.15) is 11.1 Å². The summed E-state index contributed by atoms with van der Waals surface area (Å²) in [5.41, 5.74) is 1.73. The highest BCUT2D eigenvalue weighted by Crippen LogP contribution is 2.27. The summed E-state index contributed by atoms with van der Waals surface area (Å²) in [6.07, 6.45) is 0. The van der Waals surface area contributed by atoms with Gasteiger partial charge in [0, 0.05) is 18.1 Å². The Morgan fingerprint density at radius 1 is 0.871 bits per heavy atom. The number of benzene rings is 3. The molecular weight excluding hydrogens is 459 g/mol. The van der Waals surface area contributed by atoms with E-state index in [0.29, 0.717) is 11.6 Å². The standard InChI is InChI=1S/C22H20Cl2N2O4S/c23-18-8-6-17(7-9-18)13-25-22(27)15-30-21-11-10-19(12-20(21)24)31(28,29)26-14-16-4-2-1-3-5-16/h1-12,26H,13-15H2,(H,25,27). The predicted octanol–water partition coefficient (Wildman–Crippen LogP) is 4.17. The molecule has 31 heavy (non-hydrogen) atoms. The van der Waals surface area contributed by atoms with Crippen molar-refractivity contribution >= 4 is 39.1 Å². The van der Waals surface area contributed by atoms with E-state index >= 15 is 0 Å². The Bertz CT molecular complexity index is 1140. The number of sulfonamides is 1. The van der Waals surface area contributed by atoms with Gasteiger partial charge >= 0.3 is 0 Å². The number of carbonyl (C=O) groups is 1. The molecule has 0 fully saturated rings. The van der Waals surface area contributed by atoms with Crippen molar-refractivity contribution in [2.24, 2.45) is 0 Å². The van der Waals surface area contributed by atoms with Gasteiger partial charge in [0.05, 0.1) is 9.92 Å². The van der Waals surface area contributed by atoms with Crippen LogP contribution in [-0.2, 0) is 27.9 Å². The van der Waals surface area contributed by atoms with Crippen molar-refractivity contribution in [3.8, 4) is 5.75 Å². The van der Waals surface area contributed by atoms with E-state index in [2.05, 4.69) is 10.0 Å². The molecule has 0 spiro atoms. The predicted molar refractivity (Wildman–Crippen MR) is 121 cm³/mol. The van der Waals surface area contributed by atoms with Crippen molar-refractivity contribution in [2.45, 2.75) is 18.0 Å². The highest BCUT2D eigenvalue weighted by molar-refractivity contribution is 7.89. The van der Waals surface area contributed by atoms with Gasteiger partial charge in [-0.2, -0.15) is 0 Å². The average molecular weight is 479 g/mol. The maximum atomic E-state index is 12.5. The molecule has 9 heteroatoms. The SMILES string of the molecule is O=C(COc1ccc(S(=O)(=O)NCc2ccccc2)cc1Cl)NCc1ccc(Cl)cc1. The molecule has 162 valence electrons. The Balaban J connectivity index is 1.53. The van der Waals surface area contributed by atoms with Crippen molar-refractivity contribution in [1.82, 2.24) is 10.0 Å². The second kappa shape index (κ2) is 10.6. The Morgan fingerprint density at radius 3 is 2.23 bits per heavy atom. The minimum atomic E-state index is -3.75. The molecule has 0 atom stereocenters. The third-order valence-electron chi connectivity index (χ3n) is 4.28. The van der Waals surface area contributed by atoms with Crippen LogP contribution in [0.15, 0.2) is 77.7 Å². The maximum Gasteiger partial charge on any atom is 0.258 e. The molecule has 0 saturated heterocycles. The molecule has 0 bridgehead atoms. The van der Waals surface area contributed by atoms with Gasteiger partial charge in [0.15, 0.2) is 6.61 Å². The number of amides is 1. The van der Waals surface area contributed by atoms with Crippen LogP contribution in [0.4, 0.5) is 0 Å². The van der Waals surface area contributed by atoms with E-state index in [4.69, 9.17) is 27.9 Å². The van der Waals surface area contributed by atoms with Gasteiger partial charge in [0.25, 0.3) is 5.91 Å². The van der Waals surface area contributed by atoms with Crippen molar-refractivity contribution in [3.05, 3.63) is 94.0 Å². The summed E-state index contributed by atoms with van der Waals surface area (Å²) in [5, 5.41) is 3.43. The minimum absolute atomic E-state index is 0.00738. The number of ether oxygens (including phenoxy) is 1. The summed E-state index contributed by atoms with van der Waals surface area (Å²) in [5.74, 6) is -0.127. The summed E-state index contributed by atoms with van der Waals surface area (Å²) in [6.45, 7) is 0.232.